The van der Waals surface area contributed by atoms with Crippen LogP contribution in [0.2, 0.25) is 0 Å². The van der Waals surface area contributed by atoms with E-state index in [4.69, 9.17) is 0 Å². The highest BCUT2D eigenvalue weighted by Gasteiger charge is 2.05. The molecule has 106 valence electrons. The van der Waals surface area contributed by atoms with Crippen molar-refractivity contribution < 1.29 is 4.39 Å². The van der Waals surface area contributed by atoms with Crippen molar-refractivity contribution in [1.82, 2.24) is 5.32 Å². The van der Waals surface area contributed by atoms with Gasteiger partial charge in [0.05, 0.1) is 0 Å². The molecule has 0 aliphatic carbocycles. The number of nitrogens with one attached hydrogen (secondary N) is 1. The Kier molecular flexibility index (Phi) is 5.62. The molecule has 2 aromatic rings. The van der Waals surface area contributed by atoms with Crippen LogP contribution in [-0.4, -0.2) is 6.54 Å². The minimum atomic E-state index is -0.127. The molecule has 0 spiro atoms. The van der Waals surface area contributed by atoms with Crippen LogP contribution < -0.4 is 5.32 Å². The van der Waals surface area contributed by atoms with Gasteiger partial charge in [0.1, 0.15) is 5.82 Å². The molecule has 0 heterocycles. The highest BCUT2D eigenvalue weighted by Crippen LogP contribution is 2.25. The predicted molar refractivity (Wildman–Crippen MR) is 84.5 cm³/mol. The summed E-state index contributed by atoms with van der Waals surface area (Å²) in [7, 11) is 0. The first-order valence-corrected chi connectivity index (χ1v) is 7.89. The Morgan fingerprint density at radius 1 is 1.10 bits per heavy atom. The molecule has 2 rings (SSSR count). The molecule has 20 heavy (non-hydrogen) atoms. The Hall–Kier alpha value is -1.32. The van der Waals surface area contributed by atoms with Gasteiger partial charge in [-0.3, -0.25) is 0 Å². The van der Waals surface area contributed by atoms with E-state index in [9.17, 15) is 4.39 Å². The molecule has 0 aliphatic rings. The van der Waals surface area contributed by atoms with Crippen molar-refractivity contribution in [2.45, 2.75) is 30.5 Å². The van der Waals surface area contributed by atoms with Crippen LogP contribution in [0.1, 0.15) is 31.0 Å². The first kappa shape index (κ1) is 15.1. The molecule has 0 saturated heterocycles. The van der Waals surface area contributed by atoms with Gasteiger partial charge in [0.2, 0.25) is 0 Å². The zero-order chi connectivity index (χ0) is 14.4. The van der Waals surface area contributed by atoms with Gasteiger partial charge in [0, 0.05) is 16.7 Å². The molecule has 0 amide bonds. The minimum Gasteiger partial charge on any atom is -0.310 e. The SMILES string of the molecule is CCNC(C)c1ccc(SCc2ccccc2F)cc1. The van der Waals surface area contributed by atoms with Gasteiger partial charge < -0.3 is 5.32 Å². The molecule has 2 aromatic carbocycles. The summed E-state index contributed by atoms with van der Waals surface area (Å²) < 4.78 is 13.5. The summed E-state index contributed by atoms with van der Waals surface area (Å²) in [6, 6.07) is 15.8. The van der Waals surface area contributed by atoms with Gasteiger partial charge in [-0.05, 0) is 42.8 Å². The quantitative estimate of drug-likeness (QED) is 0.767. The normalized spacial score (nSPS) is 12.3. The van der Waals surface area contributed by atoms with Crippen LogP contribution in [-0.2, 0) is 5.75 Å². The Morgan fingerprint density at radius 3 is 2.45 bits per heavy atom. The minimum absolute atomic E-state index is 0.127. The molecule has 1 nitrogen and oxygen atoms in total. The van der Waals surface area contributed by atoms with Crippen molar-refractivity contribution >= 4 is 11.8 Å². The highest BCUT2D eigenvalue weighted by atomic mass is 32.2. The Balaban J connectivity index is 1.96. The van der Waals surface area contributed by atoms with Crippen molar-refractivity contribution in [3.63, 3.8) is 0 Å². The largest absolute Gasteiger partial charge is 0.310 e. The highest BCUT2D eigenvalue weighted by molar-refractivity contribution is 7.98. The lowest BCUT2D eigenvalue weighted by molar-refractivity contribution is 0.598. The second kappa shape index (κ2) is 7.46. The number of hydrogen-bond donors (Lipinski definition) is 1. The monoisotopic (exact) mass is 289 g/mol. The van der Waals surface area contributed by atoms with Gasteiger partial charge in [-0.25, -0.2) is 4.39 Å². The lowest BCUT2D eigenvalue weighted by Crippen LogP contribution is -2.17. The van der Waals surface area contributed by atoms with Gasteiger partial charge in [-0.1, -0.05) is 37.3 Å². The van der Waals surface area contributed by atoms with E-state index in [1.165, 1.54) is 16.5 Å². The molecule has 0 aliphatic heterocycles. The zero-order valence-corrected chi connectivity index (χ0v) is 12.7. The summed E-state index contributed by atoms with van der Waals surface area (Å²) in [5.74, 6) is 0.534. The smallest absolute Gasteiger partial charge is 0.127 e. The average Bonchev–Trinajstić information content (AvgIpc) is 2.47. The molecular formula is C17H20FNS. The number of thioether (sulfide) groups is 1. The van der Waals surface area contributed by atoms with Crippen molar-refractivity contribution in [2.75, 3.05) is 6.54 Å². The topological polar surface area (TPSA) is 12.0 Å². The van der Waals surface area contributed by atoms with Gasteiger partial charge in [0.15, 0.2) is 0 Å². The van der Waals surface area contributed by atoms with Crippen LogP contribution in [0.5, 0.6) is 0 Å². The van der Waals surface area contributed by atoms with E-state index in [1.54, 1.807) is 17.8 Å². The summed E-state index contributed by atoms with van der Waals surface area (Å²) in [6.07, 6.45) is 0. The summed E-state index contributed by atoms with van der Waals surface area (Å²) in [6.45, 7) is 5.23. The van der Waals surface area contributed by atoms with Gasteiger partial charge in [-0.15, -0.1) is 11.8 Å². The third-order valence-corrected chi connectivity index (χ3v) is 4.30. The van der Waals surface area contributed by atoms with Gasteiger partial charge in [0.25, 0.3) is 0 Å². The van der Waals surface area contributed by atoms with Crippen LogP contribution >= 0.6 is 11.8 Å². The number of benzene rings is 2. The van der Waals surface area contributed by atoms with Crippen molar-refractivity contribution in [1.29, 1.82) is 0 Å². The van der Waals surface area contributed by atoms with Crippen molar-refractivity contribution in [3.05, 3.63) is 65.5 Å². The molecular weight excluding hydrogens is 269 g/mol. The zero-order valence-electron chi connectivity index (χ0n) is 11.9. The lowest BCUT2D eigenvalue weighted by atomic mass is 10.1. The fourth-order valence-electron chi connectivity index (χ4n) is 2.05. The molecule has 1 unspecified atom stereocenters. The first-order valence-electron chi connectivity index (χ1n) is 6.90. The third-order valence-electron chi connectivity index (χ3n) is 3.24. The van der Waals surface area contributed by atoms with Gasteiger partial charge >= 0.3 is 0 Å². The molecule has 3 heteroatoms. The van der Waals surface area contributed by atoms with Crippen LogP contribution in [0.25, 0.3) is 0 Å². The fraction of sp³-hybridized carbons (Fsp3) is 0.294. The second-order valence-corrected chi connectivity index (χ2v) is 5.78. The Morgan fingerprint density at radius 2 is 1.80 bits per heavy atom. The summed E-state index contributed by atoms with van der Waals surface area (Å²) in [5.41, 5.74) is 2.03. The summed E-state index contributed by atoms with van der Waals surface area (Å²) in [5, 5.41) is 3.39. The fourth-order valence-corrected chi connectivity index (χ4v) is 2.94. The van der Waals surface area contributed by atoms with Gasteiger partial charge in [-0.2, -0.15) is 0 Å². The molecule has 0 radical (unpaired) electrons. The van der Waals surface area contributed by atoms with E-state index in [2.05, 4.69) is 43.4 Å². The van der Waals surface area contributed by atoms with Crippen LogP contribution in [0.4, 0.5) is 4.39 Å². The lowest BCUT2D eigenvalue weighted by Gasteiger charge is -2.13. The second-order valence-electron chi connectivity index (χ2n) is 4.73. The maximum atomic E-state index is 13.5. The maximum Gasteiger partial charge on any atom is 0.127 e. The predicted octanol–water partition coefficient (Wildman–Crippen LogP) is 4.79. The van der Waals surface area contributed by atoms with Crippen LogP contribution in [0, 0.1) is 5.82 Å². The molecule has 1 atom stereocenters. The van der Waals surface area contributed by atoms with Crippen molar-refractivity contribution in [3.8, 4) is 0 Å². The Labute approximate surface area is 124 Å². The Bertz CT molecular complexity index is 539. The van der Waals surface area contributed by atoms with E-state index in [-0.39, 0.29) is 5.82 Å². The van der Waals surface area contributed by atoms with Crippen LogP contribution in [0.15, 0.2) is 53.4 Å². The van der Waals surface area contributed by atoms with E-state index < -0.39 is 0 Å². The molecule has 0 bridgehead atoms. The number of halogens is 1. The van der Waals surface area contributed by atoms with E-state index >= 15 is 0 Å². The van der Waals surface area contributed by atoms with Crippen molar-refractivity contribution in [2.24, 2.45) is 0 Å². The summed E-state index contributed by atoms with van der Waals surface area (Å²) in [4.78, 5) is 1.17. The van der Waals surface area contributed by atoms with E-state index in [1.807, 2.05) is 12.1 Å². The van der Waals surface area contributed by atoms with E-state index in [0.717, 1.165) is 12.1 Å². The molecule has 0 fully saturated rings. The molecule has 1 N–H and O–H groups in total. The molecule has 0 saturated carbocycles. The van der Waals surface area contributed by atoms with E-state index in [0.29, 0.717) is 11.8 Å². The van der Waals surface area contributed by atoms with Crippen LogP contribution in [0.3, 0.4) is 0 Å². The average molecular weight is 289 g/mol. The first-order chi connectivity index (χ1) is 9.70. The molecule has 0 aromatic heterocycles. The maximum absolute atomic E-state index is 13.5. The number of hydrogen-bond acceptors (Lipinski definition) is 2. The standard InChI is InChI=1S/C17H20FNS/c1-3-19-13(2)14-8-10-16(11-9-14)20-12-15-6-4-5-7-17(15)18/h4-11,13,19H,3,12H2,1-2H3. The summed E-state index contributed by atoms with van der Waals surface area (Å²) >= 11 is 1.66. The third kappa shape index (κ3) is 4.09. The number of rotatable bonds is 6.